The molecular weight excluding hydrogens is 426 g/mol. The average molecular weight is 448 g/mol. The van der Waals surface area contributed by atoms with Gasteiger partial charge in [-0.3, -0.25) is 4.79 Å². The third-order valence-electron chi connectivity index (χ3n) is 5.42. The molecule has 3 heterocycles. The summed E-state index contributed by atoms with van der Waals surface area (Å²) in [5.74, 6) is -0.323. The molecule has 4 rings (SSSR count). The number of aliphatic imine (C=N–C) groups is 1. The van der Waals surface area contributed by atoms with Gasteiger partial charge in [0.15, 0.2) is 5.17 Å². The Kier molecular flexibility index (Phi) is 6.10. The number of rotatable bonds is 6. The average Bonchev–Trinajstić information content (AvgIpc) is 3.14. The van der Waals surface area contributed by atoms with Gasteiger partial charge in [0.2, 0.25) is 0 Å². The van der Waals surface area contributed by atoms with Crippen LogP contribution in [0.5, 0.6) is 5.75 Å². The van der Waals surface area contributed by atoms with Crippen LogP contribution in [0.1, 0.15) is 23.0 Å². The number of ether oxygens (including phenoxy) is 2. The van der Waals surface area contributed by atoms with Gasteiger partial charge < -0.3 is 20.5 Å². The number of carbonyl (C=O) groups excluding carboxylic acids is 1. The van der Waals surface area contributed by atoms with E-state index in [1.54, 1.807) is 12.1 Å². The van der Waals surface area contributed by atoms with Crippen LogP contribution in [0.3, 0.4) is 0 Å². The van der Waals surface area contributed by atoms with E-state index in [9.17, 15) is 13.6 Å². The Bertz CT molecular complexity index is 1000. The van der Waals surface area contributed by atoms with Crippen molar-refractivity contribution in [2.75, 3.05) is 31.0 Å². The molecule has 0 aliphatic carbocycles. The van der Waals surface area contributed by atoms with Crippen molar-refractivity contribution >= 4 is 28.5 Å². The molecule has 2 aliphatic rings. The summed E-state index contributed by atoms with van der Waals surface area (Å²) in [6, 6.07) is 7.39. The number of hydrogen-bond donors (Lipinski definition) is 2. The van der Waals surface area contributed by atoms with Gasteiger partial charge in [-0.1, -0.05) is 11.8 Å². The Balaban J connectivity index is 1.63. The van der Waals surface area contributed by atoms with Crippen molar-refractivity contribution in [3.63, 3.8) is 0 Å². The van der Waals surface area contributed by atoms with Gasteiger partial charge >= 0.3 is 0 Å². The first-order valence-electron chi connectivity index (χ1n) is 9.82. The number of anilines is 1. The van der Waals surface area contributed by atoms with Crippen LogP contribution in [0.25, 0.3) is 0 Å². The first-order chi connectivity index (χ1) is 15.0. The van der Waals surface area contributed by atoms with Gasteiger partial charge in [-0.05, 0) is 37.3 Å². The summed E-state index contributed by atoms with van der Waals surface area (Å²) in [6.45, 7) is 1.67. The van der Waals surface area contributed by atoms with E-state index >= 15 is 0 Å². The number of nitrogens with two attached hydrogens (primary N) is 1. The second kappa shape index (κ2) is 8.80. The monoisotopic (exact) mass is 448 g/mol. The molecule has 31 heavy (non-hydrogen) atoms. The molecule has 0 radical (unpaired) electrons. The summed E-state index contributed by atoms with van der Waals surface area (Å²) < 4.78 is 39.3. The highest BCUT2D eigenvalue weighted by Crippen LogP contribution is 2.48. The van der Waals surface area contributed by atoms with Gasteiger partial charge in [0.25, 0.3) is 5.91 Å². The molecular formula is C21H22F2N4O3S. The number of halogens is 2. The fraction of sp³-hybridized carbons (Fsp3) is 0.381. The molecule has 1 amide bonds. The zero-order valence-electron chi connectivity index (χ0n) is 16.8. The summed E-state index contributed by atoms with van der Waals surface area (Å²) in [5, 5.41) is 3.02. The maximum Gasteiger partial charge on any atom is 0.274 e. The summed E-state index contributed by atoms with van der Waals surface area (Å²) in [5.41, 5.74) is 5.56. The van der Waals surface area contributed by atoms with Gasteiger partial charge in [0, 0.05) is 22.9 Å². The molecule has 1 aromatic heterocycles. The summed E-state index contributed by atoms with van der Waals surface area (Å²) in [6.07, 6.45) is 0.775. The van der Waals surface area contributed by atoms with E-state index in [4.69, 9.17) is 15.2 Å². The van der Waals surface area contributed by atoms with Crippen LogP contribution in [0.2, 0.25) is 0 Å². The Hall–Kier alpha value is -2.72. The normalized spacial score (nSPS) is 24.9. The van der Waals surface area contributed by atoms with E-state index in [0.717, 1.165) is 0 Å². The molecule has 10 heteroatoms. The third kappa shape index (κ3) is 4.09. The number of pyridine rings is 1. The van der Waals surface area contributed by atoms with Gasteiger partial charge in [-0.25, -0.2) is 18.8 Å². The molecule has 0 spiro atoms. The number of carbonyl (C=O) groups is 1. The Morgan fingerprint density at radius 2 is 2.26 bits per heavy atom. The van der Waals surface area contributed by atoms with Crippen molar-refractivity contribution in [2.24, 2.45) is 16.6 Å². The molecule has 7 nitrogen and oxygen atoms in total. The molecule has 3 N–H and O–H groups in total. The van der Waals surface area contributed by atoms with E-state index in [0.29, 0.717) is 29.0 Å². The molecule has 164 valence electrons. The van der Waals surface area contributed by atoms with Crippen molar-refractivity contribution in [1.29, 1.82) is 0 Å². The fourth-order valence-corrected chi connectivity index (χ4v) is 4.98. The maximum atomic E-state index is 14.9. The van der Waals surface area contributed by atoms with Crippen LogP contribution in [0.15, 0.2) is 41.5 Å². The van der Waals surface area contributed by atoms with E-state index in [1.807, 2.05) is 6.92 Å². The van der Waals surface area contributed by atoms with E-state index < -0.39 is 30.0 Å². The van der Waals surface area contributed by atoms with Gasteiger partial charge in [0.1, 0.15) is 29.5 Å². The molecule has 3 atom stereocenters. The van der Waals surface area contributed by atoms with Crippen molar-refractivity contribution in [3.05, 3.63) is 53.6 Å². The zero-order valence-corrected chi connectivity index (χ0v) is 17.6. The van der Waals surface area contributed by atoms with Crippen LogP contribution >= 0.6 is 11.8 Å². The van der Waals surface area contributed by atoms with Crippen LogP contribution in [-0.4, -0.2) is 47.8 Å². The molecule has 2 aliphatic heterocycles. The van der Waals surface area contributed by atoms with Gasteiger partial charge in [-0.15, -0.1) is 0 Å². The Morgan fingerprint density at radius 3 is 2.97 bits per heavy atom. The minimum Gasteiger partial charge on any atom is -0.492 e. The Morgan fingerprint density at radius 1 is 1.42 bits per heavy atom. The predicted molar refractivity (Wildman–Crippen MR) is 115 cm³/mol. The number of fused-ring (bicyclic) bond motifs is 1. The summed E-state index contributed by atoms with van der Waals surface area (Å²) in [7, 11) is 0. The Labute approximate surface area is 182 Å². The van der Waals surface area contributed by atoms with Crippen molar-refractivity contribution < 1.29 is 23.0 Å². The van der Waals surface area contributed by atoms with Gasteiger partial charge in [-0.2, -0.15) is 0 Å². The number of nitrogens with one attached hydrogen (secondary N) is 1. The molecule has 1 saturated heterocycles. The highest BCUT2D eigenvalue weighted by molar-refractivity contribution is 8.13. The van der Waals surface area contributed by atoms with Crippen molar-refractivity contribution in [3.8, 4) is 5.75 Å². The number of nitrogens with zero attached hydrogens (tertiary/aromatic N) is 2. The quantitative estimate of drug-likeness (QED) is 0.705. The predicted octanol–water partition coefficient (Wildman–Crippen LogP) is 3.11. The van der Waals surface area contributed by atoms with E-state index in [-0.39, 0.29) is 23.8 Å². The van der Waals surface area contributed by atoms with Crippen LogP contribution in [-0.2, 0) is 10.3 Å². The lowest BCUT2D eigenvalue weighted by molar-refractivity contribution is 0.0721. The standard InChI is InChI=1S/C21H22F2N4O3S/c1-2-29-13-4-6-17(25-9-13)19(28)26-12-3-5-16(23)14(7-12)21-11-30-18(8-22)15(21)10-31-20(24)27-21/h3-7,9,15,18H,2,8,10-11H2,1H3,(H2,24,27)(H,26,28)/t15-,18-,21-/m1/s1. The van der Waals surface area contributed by atoms with Gasteiger partial charge in [0.05, 0.1) is 25.5 Å². The maximum absolute atomic E-state index is 14.9. The van der Waals surface area contributed by atoms with Crippen molar-refractivity contribution in [1.82, 2.24) is 4.98 Å². The van der Waals surface area contributed by atoms with E-state index in [2.05, 4.69) is 15.3 Å². The molecule has 0 unspecified atom stereocenters. The molecule has 2 aromatic rings. The largest absolute Gasteiger partial charge is 0.492 e. The summed E-state index contributed by atoms with van der Waals surface area (Å²) in [4.78, 5) is 21.2. The van der Waals surface area contributed by atoms with Crippen molar-refractivity contribution in [2.45, 2.75) is 18.6 Å². The van der Waals surface area contributed by atoms with Crippen LogP contribution in [0, 0.1) is 11.7 Å². The number of aromatic nitrogens is 1. The first kappa shape index (κ1) is 21.5. The summed E-state index contributed by atoms with van der Waals surface area (Å²) >= 11 is 1.30. The van der Waals surface area contributed by atoms with E-state index in [1.165, 1.54) is 36.2 Å². The minimum absolute atomic E-state index is 0.0162. The third-order valence-corrected chi connectivity index (χ3v) is 6.34. The molecule has 0 bridgehead atoms. The molecule has 1 fully saturated rings. The second-order valence-corrected chi connectivity index (χ2v) is 8.30. The second-order valence-electron chi connectivity index (χ2n) is 7.26. The highest BCUT2D eigenvalue weighted by Gasteiger charge is 2.54. The topological polar surface area (TPSA) is 98.8 Å². The minimum atomic E-state index is -1.13. The first-order valence-corrected chi connectivity index (χ1v) is 10.8. The number of hydrogen-bond acceptors (Lipinski definition) is 7. The number of alkyl halides is 1. The fourth-order valence-electron chi connectivity index (χ4n) is 3.92. The zero-order chi connectivity index (χ0) is 22.0. The number of amidine groups is 1. The van der Waals surface area contributed by atoms with Crippen LogP contribution in [0.4, 0.5) is 14.5 Å². The SMILES string of the molecule is CCOc1ccc(C(=O)Nc2ccc(F)c([C@]34CO[C@H](CF)[C@H]3CSC(N)=N4)c2)nc1. The number of thioether (sulfide) groups is 1. The lowest BCUT2D eigenvalue weighted by Gasteiger charge is -2.35. The lowest BCUT2D eigenvalue weighted by atomic mass is 9.79. The lowest BCUT2D eigenvalue weighted by Crippen LogP contribution is -2.42. The highest BCUT2D eigenvalue weighted by atomic mass is 32.2. The number of amides is 1. The van der Waals surface area contributed by atoms with Crippen LogP contribution < -0.4 is 15.8 Å². The molecule has 1 aromatic carbocycles. The number of benzene rings is 1. The smallest absolute Gasteiger partial charge is 0.274 e. The molecule has 0 saturated carbocycles.